The first-order chi connectivity index (χ1) is 9.20. The molecule has 2 N–H and O–H groups in total. The zero-order chi connectivity index (χ0) is 13.7. The third-order valence-corrected chi connectivity index (χ3v) is 3.94. The van der Waals surface area contributed by atoms with Gasteiger partial charge in [0.1, 0.15) is 6.10 Å². The molecule has 1 atom stereocenters. The van der Waals surface area contributed by atoms with E-state index in [1.165, 1.54) is 10.5 Å². The maximum atomic E-state index is 12.0. The standard InChI is InChI=1S/C14H20N2O2S/c1-10-3-4-11(13(7-10)19-2)8-16-14(17)12-9-15-5-6-18-12/h3-4,7,12,15H,5-6,8-9H2,1-2H3,(H,16,17). The van der Waals surface area contributed by atoms with Crippen LogP contribution in [0.25, 0.3) is 0 Å². The fraction of sp³-hybridized carbons (Fsp3) is 0.500. The molecule has 0 radical (unpaired) electrons. The molecule has 1 aromatic carbocycles. The summed E-state index contributed by atoms with van der Waals surface area (Å²) in [4.78, 5) is 13.2. The quantitative estimate of drug-likeness (QED) is 0.817. The number of carbonyl (C=O) groups is 1. The van der Waals surface area contributed by atoms with Gasteiger partial charge in [0, 0.05) is 24.5 Å². The molecule has 2 rings (SSSR count). The number of carbonyl (C=O) groups excluding carboxylic acids is 1. The summed E-state index contributed by atoms with van der Waals surface area (Å²) in [6.07, 6.45) is 1.69. The van der Waals surface area contributed by atoms with Gasteiger partial charge in [-0.15, -0.1) is 11.8 Å². The maximum absolute atomic E-state index is 12.0. The highest BCUT2D eigenvalue weighted by atomic mass is 32.2. The molecule has 1 aromatic rings. The van der Waals surface area contributed by atoms with Crippen molar-refractivity contribution in [2.24, 2.45) is 0 Å². The molecule has 1 unspecified atom stereocenters. The van der Waals surface area contributed by atoms with Crippen LogP contribution in [0.4, 0.5) is 0 Å². The highest BCUT2D eigenvalue weighted by molar-refractivity contribution is 7.98. The van der Waals surface area contributed by atoms with Crippen LogP contribution in [0, 0.1) is 6.92 Å². The summed E-state index contributed by atoms with van der Waals surface area (Å²) in [7, 11) is 0. The van der Waals surface area contributed by atoms with Gasteiger partial charge in [-0.25, -0.2) is 0 Å². The second kappa shape index (κ2) is 6.93. The van der Waals surface area contributed by atoms with E-state index in [0.29, 0.717) is 19.7 Å². The van der Waals surface area contributed by atoms with Crippen molar-refractivity contribution in [2.45, 2.75) is 24.5 Å². The van der Waals surface area contributed by atoms with Gasteiger partial charge < -0.3 is 15.4 Å². The van der Waals surface area contributed by atoms with Crippen LogP contribution >= 0.6 is 11.8 Å². The van der Waals surface area contributed by atoms with Crippen LogP contribution in [-0.2, 0) is 16.1 Å². The van der Waals surface area contributed by atoms with E-state index in [1.807, 2.05) is 6.26 Å². The number of aryl methyl sites for hydroxylation is 1. The molecule has 0 aliphatic carbocycles. The largest absolute Gasteiger partial charge is 0.366 e. The minimum Gasteiger partial charge on any atom is -0.366 e. The van der Waals surface area contributed by atoms with E-state index in [2.05, 4.69) is 35.8 Å². The lowest BCUT2D eigenvalue weighted by Gasteiger charge is -2.23. The van der Waals surface area contributed by atoms with E-state index in [9.17, 15) is 4.79 Å². The molecular formula is C14H20N2O2S. The van der Waals surface area contributed by atoms with Gasteiger partial charge in [-0.05, 0) is 30.4 Å². The van der Waals surface area contributed by atoms with E-state index >= 15 is 0 Å². The summed E-state index contributed by atoms with van der Waals surface area (Å²) in [6, 6.07) is 6.28. The van der Waals surface area contributed by atoms with Crippen molar-refractivity contribution in [3.05, 3.63) is 29.3 Å². The lowest BCUT2D eigenvalue weighted by Crippen LogP contribution is -2.47. The predicted octanol–water partition coefficient (Wildman–Crippen LogP) is 1.32. The highest BCUT2D eigenvalue weighted by Crippen LogP contribution is 2.21. The minimum atomic E-state index is -0.364. The number of thioether (sulfide) groups is 1. The van der Waals surface area contributed by atoms with Crippen LogP contribution in [-0.4, -0.2) is 38.0 Å². The zero-order valence-corrected chi connectivity index (χ0v) is 12.2. The molecule has 0 bridgehead atoms. The van der Waals surface area contributed by atoms with Crippen molar-refractivity contribution in [2.75, 3.05) is 26.0 Å². The molecule has 104 valence electrons. The van der Waals surface area contributed by atoms with E-state index < -0.39 is 0 Å². The third kappa shape index (κ3) is 3.96. The van der Waals surface area contributed by atoms with Gasteiger partial charge in [-0.3, -0.25) is 4.79 Å². The molecule has 5 heteroatoms. The summed E-state index contributed by atoms with van der Waals surface area (Å²) in [5.74, 6) is -0.0418. The van der Waals surface area contributed by atoms with Crippen molar-refractivity contribution in [1.82, 2.24) is 10.6 Å². The van der Waals surface area contributed by atoms with Crippen molar-refractivity contribution in [3.8, 4) is 0 Å². The Balaban J connectivity index is 1.92. The average Bonchev–Trinajstić information content (AvgIpc) is 2.46. The first-order valence-electron chi connectivity index (χ1n) is 6.44. The van der Waals surface area contributed by atoms with E-state index in [4.69, 9.17) is 4.74 Å². The van der Waals surface area contributed by atoms with Gasteiger partial charge in [0.2, 0.25) is 0 Å². The van der Waals surface area contributed by atoms with Crippen LogP contribution in [0.1, 0.15) is 11.1 Å². The van der Waals surface area contributed by atoms with Crippen molar-refractivity contribution >= 4 is 17.7 Å². The zero-order valence-electron chi connectivity index (χ0n) is 11.4. The van der Waals surface area contributed by atoms with Crippen LogP contribution in [0.3, 0.4) is 0 Å². The summed E-state index contributed by atoms with van der Waals surface area (Å²) < 4.78 is 5.42. The van der Waals surface area contributed by atoms with Crippen LogP contribution < -0.4 is 10.6 Å². The predicted molar refractivity (Wildman–Crippen MR) is 77.4 cm³/mol. The fourth-order valence-electron chi connectivity index (χ4n) is 2.03. The van der Waals surface area contributed by atoms with Gasteiger partial charge in [-0.1, -0.05) is 12.1 Å². The number of rotatable bonds is 4. The first kappa shape index (κ1) is 14.4. The summed E-state index contributed by atoms with van der Waals surface area (Å²) >= 11 is 1.70. The lowest BCUT2D eigenvalue weighted by molar-refractivity contribution is -0.134. The Morgan fingerprint density at radius 2 is 2.42 bits per heavy atom. The SMILES string of the molecule is CSc1cc(C)ccc1CNC(=O)C1CNCCO1. The smallest absolute Gasteiger partial charge is 0.250 e. The Hall–Kier alpha value is -1.04. The molecule has 1 aliphatic rings. The van der Waals surface area contributed by atoms with Gasteiger partial charge >= 0.3 is 0 Å². The second-order valence-electron chi connectivity index (χ2n) is 4.60. The number of hydrogen-bond donors (Lipinski definition) is 2. The number of ether oxygens (including phenoxy) is 1. The van der Waals surface area contributed by atoms with Crippen LogP contribution in [0.5, 0.6) is 0 Å². The Morgan fingerprint density at radius 3 is 3.11 bits per heavy atom. The molecule has 1 heterocycles. The molecule has 1 aliphatic heterocycles. The van der Waals surface area contributed by atoms with E-state index in [0.717, 1.165) is 12.1 Å². The van der Waals surface area contributed by atoms with Crippen LogP contribution in [0.15, 0.2) is 23.1 Å². The normalized spacial score (nSPS) is 19.2. The lowest BCUT2D eigenvalue weighted by atomic mass is 10.1. The summed E-state index contributed by atoms with van der Waals surface area (Å²) in [6.45, 7) is 4.63. The van der Waals surface area contributed by atoms with Crippen molar-refractivity contribution in [1.29, 1.82) is 0 Å². The van der Waals surface area contributed by atoms with Crippen molar-refractivity contribution in [3.63, 3.8) is 0 Å². The number of nitrogens with one attached hydrogen (secondary N) is 2. The Kier molecular flexibility index (Phi) is 5.24. The average molecular weight is 280 g/mol. The summed E-state index contributed by atoms with van der Waals surface area (Å²) in [5, 5.41) is 6.10. The van der Waals surface area contributed by atoms with Gasteiger partial charge in [-0.2, -0.15) is 0 Å². The number of hydrogen-bond acceptors (Lipinski definition) is 4. The minimum absolute atomic E-state index is 0.0418. The number of benzene rings is 1. The number of morpholine rings is 1. The maximum Gasteiger partial charge on any atom is 0.250 e. The molecule has 0 aromatic heterocycles. The second-order valence-corrected chi connectivity index (χ2v) is 5.44. The topological polar surface area (TPSA) is 50.4 Å². The molecule has 4 nitrogen and oxygen atoms in total. The molecule has 1 fully saturated rings. The molecule has 19 heavy (non-hydrogen) atoms. The Bertz CT molecular complexity index is 445. The molecule has 0 spiro atoms. The summed E-state index contributed by atoms with van der Waals surface area (Å²) in [5.41, 5.74) is 2.38. The molecular weight excluding hydrogens is 260 g/mol. The molecule has 1 saturated heterocycles. The first-order valence-corrected chi connectivity index (χ1v) is 7.66. The van der Waals surface area contributed by atoms with Crippen molar-refractivity contribution < 1.29 is 9.53 Å². The van der Waals surface area contributed by atoms with Crippen LogP contribution in [0.2, 0.25) is 0 Å². The fourth-order valence-corrected chi connectivity index (χ4v) is 2.73. The van der Waals surface area contributed by atoms with E-state index in [-0.39, 0.29) is 12.0 Å². The number of amides is 1. The third-order valence-electron chi connectivity index (χ3n) is 3.12. The van der Waals surface area contributed by atoms with E-state index in [1.54, 1.807) is 11.8 Å². The Labute approximate surface area is 118 Å². The molecule has 0 saturated carbocycles. The van der Waals surface area contributed by atoms with Gasteiger partial charge in [0.15, 0.2) is 0 Å². The van der Waals surface area contributed by atoms with Gasteiger partial charge in [0.05, 0.1) is 6.61 Å². The highest BCUT2D eigenvalue weighted by Gasteiger charge is 2.21. The van der Waals surface area contributed by atoms with Gasteiger partial charge in [0.25, 0.3) is 5.91 Å². The molecule has 1 amide bonds. The Morgan fingerprint density at radius 1 is 1.58 bits per heavy atom. The monoisotopic (exact) mass is 280 g/mol.